The van der Waals surface area contributed by atoms with E-state index < -0.39 is 15.1 Å². The molecule has 196 valence electrons. The summed E-state index contributed by atoms with van der Waals surface area (Å²) >= 11 is 1.23. The van der Waals surface area contributed by atoms with Gasteiger partial charge in [-0.3, -0.25) is 0 Å². The number of urea groups is 1. The molecule has 2 fully saturated rings. The van der Waals surface area contributed by atoms with Crippen LogP contribution in [-0.2, 0) is 14.6 Å². The number of nitrogens with zero attached hydrogens (tertiary/aromatic N) is 4. The van der Waals surface area contributed by atoms with E-state index in [2.05, 4.69) is 27.4 Å². The number of benzene rings is 1. The van der Waals surface area contributed by atoms with Crippen molar-refractivity contribution in [2.75, 3.05) is 37.0 Å². The first kappa shape index (κ1) is 25.6. The predicted molar refractivity (Wildman–Crippen MR) is 143 cm³/mol. The van der Waals surface area contributed by atoms with Crippen molar-refractivity contribution in [1.29, 1.82) is 0 Å². The van der Waals surface area contributed by atoms with E-state index in [0.29, 0.717) is 43.4 Å². The van der Waals surface area contributed by atoms with Crippen LogP contribution >= 0.6 is 11.3 Å². The topological polar surface area (TPSA) is 126 Å². The highest BCUT2D eigenvalue weighted by Crippen LogP contribution is 2.49. The van der Waals surface area contributed by atoms with Gasteiger partial charge in [0.15, 0.2) is 5.82 Å². The van der Waals surface area contributed by atoms with Gasteiger partial charge >= 0.3 is 6.03 Å². The summed E-state index contributed by atoms with van der Waals surface area (Å²) in [6.45, 7) is 7.68. The van der Waals surface area contributed by atoms with E-state index in [4.69, 9.17) is 14.7 Å². The molecular formula is C25H30N6O4S2. The van der Waals surface area contributed by atoms with Crippen molar-refractivity contribution < 1.29 is 17.9 Å². The number of morpholine rings is 1. The van der Waals surface area contributed by atoms with Gasteiger partial charge in [0.05, 0.1) is 35.9 Å². The maximum atomic E-state index is 13.3. The minimum absolute atomic E-state index is 0.128. The molecule has 1 saturated heterocycles. The standard InChI is InChI=1S/C25H30N6O4S2/c1-14-13-35-10-9-31(14)22-12-20(19-11-21(19)37(33,34)25-27-15(2)16(3)36-25)29-23(30-22)17-5-7-18(8-6-17)28-24(32)26-4/h5-8,12,14,19,21H,9-11,13H2,1-4H3,(H2,26,28,32)/t14-,19?,21?/m0/s1. The molecule has 0 radical (unpaired) electrons. The first-order valence-electron chi connectivity index (χ1n) is 12.2. The number of anilines is 2. The summed E-state index contributed by atoms with van der Waals surface area (Å²) in [6.07, 6.45) is 0.504. The van der Waals surface area contributed by atoms with Gasteiger partial charge in [0.2, 0.25) is 14.2 Å². The maximum absolute atomic E-state index is 13.3. The number of hydrogen-bond donors (Lipinski definition) is 2. The molecule has 3 atom stereocenters. The third-order valence-corrected chi connectivity index (χ3v) is 10.5. The van der Waals surface area contributed by atoms with E-state index in [-0.39, 0.29) is 22.3 Å². The minimum Gasteiger partial charge on any atom is -0.377 e. The molecule has 37 heavy (non-hydrogen) atoms. The summed E-state index contributed by atoms with van der Waals surface area (Å²) in [6, 6.07) is 9.01. The number of thiazole rings is 1. The molecule has 1 aliphatic heterocycles. The number of carbonyl (C=O) groups is 1. The van der Waals surface area contributed by atoms with E-state index in [0.717, 1.165) is 22.0 Å². The molecule has 3 heterocycles. The molecule has 2 aliphatic rings. The Morgan fingerprint density at radius 2 is 1.92 bits per heavy atom. The first-order chi connectivity index (χ1) is 17.7. The fraction of sp³-hybridized carbons (Fsp3) is 0.440. The number of hydrogen-bond acceptors (Lipinski definition) is 9. The fourth-order valence-electron chi connectivity index (χ4n) is 4.40. The van der Waals surface area contributed by atoms with Crippen molar-refractivity contribution in [2.24, 2.45) is 0 Å². The van der Waals surface area contributed by atoms with Gasteiger partial charge in [0.1, 0.15) is 5.82 Å². The zero-order valence-electron chi connectivity index (χ0n) is 21.2. The minimum atomic E-state index is -3.54. The second kappa shape index (κ2) is 9.99. The van der Waals surface area contributed by atoms with Crippen molar-refractivity contribution in [3.63, 3.8) is 0 Å². The molecule has 12 heteroatoms. The highest BCUT2D eigenvalue weighted by atomic mass is 32.2. The predicted octanol–water partition coefficient (Wildman–Crippen LogP) is 3.52. The van der Waals surface area contributed by atoms with Gasteiger partial charge in [-0.15, -0.1) is 11.3 Å². The molecular weight excluding hydrogens is 512 g/mol. The molecule has 3 aromatic rings. The zero-order chi connectivity index (χ0) is 26.3. The summed E-state index contributed by atoms with van der Waals surface area (Å²) in [5.41, 5.74) is 2.88. The number of rotatable bonds is 6. The second-order valence-corrected chi connectivity index (χ2v) is 13.0. The molecule has 2 N–H and O–H groups in total. The lowest BCUT2D eigenvalue weighted by Gasteiger charge is -2.34. The van der Waals surface area contributed by atoms with Crippen LogP contribution in [0.15, 0.2) is 34.7 Å². The van der Waals surface area contributed by atoms with Crippen LogP contribution in [0.2, 0.25) is 0 Å². The Morgan fingerprint density at radius 1 is 1.16 bits per heavy atom. The van der Waals surface area contributed by atoms with Gasteiger partial charge in [-0.25, -0.2) is 28.2 Å². The monoisotopic (exact) mass is 542 g/mol. The lowest BCUT2D eigenvalue weighted by Crippen LogP contribution is -2.44. The summed E-state index contributed by atoms with van der Waals surface area (Å²) in [4.78, 5) is 28.7. The van der Waals surface area contributed by atoms with E-state index >= 15 is 0 Å². The maximum Gasteiger partial charge on any atom is 0.318 e. The first-order valence-corrected chi connectivity index (χ1v) is 14.5. The molecule has 1 saturated carbocycles. The fourth-order valence-corrected chi connectivity index (χ4v) is 7.81. The van der Waals surface area contributed by atoms with Gasteiger partial charge < -0.3 is 20.3 Å². The third-order valence-electron chi connectivity index (χ3n) is 6.79. The van der Waals surface area contributed by atoms with E-state index in [1.807, 2.05) is 32.0 Å². The largest absolute Gasteiger partial charge is 0.377 e. The zero-order valence-corrected chi connectivity index (χ0v) is 22.8. The van der Waals surface area contributed by atoms with Crippen LogP contribution in [0, 0.1) is 13.8 Å². The highest BCUT2D eigenvalue weighted by molar-refractivity contribution is 7.94. The number of carbonyl (C=O) groups excluding carboxylic acids is 1. The quantitative estimate of drug-likeness (QED) is 0.485. The van der Waals surface area contributed by atoms with Gasteiger partial charge in [-0.1, -0.05) is 0 Å². The van der Waals surface area contributed by atoms with Crippen molar-refractivity contribution in [3.8, 4) is 11.4 Å². The molecule has 0 bridgehead atoms. The number of amides is 2. The van der Waals surface area contributed by atoms with E-state index in [9.17, 15) is 13.2 Å². The Bertz CT molecular complexity index is 1400. The Morgan fingerprint density at radius 3 is 2.57 bits per heavy atom. The van der Waals surface area contributed by atoms with E-state index in [1.165, 1.54) is 11.3 Å². The summed E-state index contributed by atoms with van der Waals surface area (Å²) in [5, 5.41) is 4.71. The van der Waals surface area contributed by atoms with Gasteiger partial charge in [-0.05, 0) is 51.5 Å². The molecule has 10 nitrogen and oxygen atoms in total. The molecule has 2 amide bonds. The lowest BCUT2D eigenvalue weighted by molar-refractivity contribution is 0.0985. The number of aryl methyl sites for hydroxylation is 2. The average Bonchev–Trinajstić information content (AvgIpc) is 3.64. The van der Waals surface area contributed by atoms with Crippen LogP contribution in [0.3, 0.4) is 0 Å². The number of ether oxygens (including phenoxy) is 1. The summed E-state index contributed by atoms with van der Waals surface area (Å²) < 4.78 is 32.4. The Balaban J connectivity index is 1.48. The van der Waals surface area contributed by atoms with Crippen LogP contribution in [0.1, 0.15) is 35.5 Å². The molecule has 1 aliphatic carbocycles. The van der Waals surface area contributed by atoms with Gasteiger partial charge in [0.25, 0.3) is 0 Å². The lowest BCUT2D eigenvalue weighted by atomic mass is 10.1. The normalized spacial score (nSPS) is 21.5. The Labute approximate surface area is 220 Å². The Hall–Kier alpha value is -3.09. The van der Waals surface area contributed by atoms with Crippen molar-refractivity contribution in [2.45, 2.75) is 48.7 Å². The average molecular weight is 543 g/mol. The van der Waals surface area contributed by atoms with Crippen LogP contribution in [-0.4, -0.2) is 67.5 Å². The van der Waals surface area contributed by atoms with Crippen LogP contribution in [0.4, 0.5) is 16.3 Å². The SMILES string of the molecule is CNC(=O)Nc1ccc(-c2nc(C3CC3S(=O)(=O)c3nc(C)c(C)s3)cc(N3CCOC[C@@H]3C)n2)cc1. The molecule has 2 aromatic heterocycles. The van der Waals surface area contributed by atoms with Crippen LogP contribution in [0.25, 0.3) is 11.4 Å². The van der Waals surface area contributed by atoms with Gasteiger partial charge in [-0.2, -0.15) is 0 Å². The summed E-state index contributed by atoms with van der Waals surface area (Å²) in [7, 11) is -1.99. The molecule has 2 unspecified atom stereocenters. The summed E-state index contributed by atoms with van der Waals surface area (Å²) in [5.74, 6) is 1.05. The smallest absolute Gasteiger partial charge is 0.318 e. The van der Waals surface area contributed by atoms with Crippen molar-refractivity contribution in [3.05, 3.63) is 46.6 Å². The molecule has 1 aromatic carbocycles. The highest BCUT2D eigenvalue weighted by Gasteiger charge is 2.51. The number of aromatic nitrogens is 3. The third kappa shape index (κ3) is 5.18. The number of sulfone groups is 1. The van der Waals surface area contributed by atoms with Gasteiger partial charge in [0, 0.05) is 41.7 Å². The van der Waals surface area contributed by atoms with Crippen LogP contribution in [0.5, 0.6) is 0 Å². The van der Waals surface area contributed by atoms with Crippen molar-refractivity contribution >= 4 is 38.7 Å². The number of nitrogens with one attached hydrogen (secondary N) is 2. The molecule has 5 rings (SSSR count). The Kier molecular flexibility index (Phi) is 6.90. The van der Waals surface area contributed by atoms with Crippen molar-refractivity contribution in [1.82, 2.24) is 20.3 Å². The van der Waals surface area contributed by atoms with Crippen LogP contribution < -0.4 is 15.5 Å². The van der Waals surface area contributed by atoms with E-state index in [1.54, 1.807) is 19.2 Å². The molecule has 0 spiro atoms. The second-order valence-electron chi connectivity index (χ2n) is 9.42.